The second-order valence-electron chi connectivity index (χ2n) is 7.22. The minimum atomic E-state index is 0.0456. The van der Waals surface area contributed by atoms with Crippen LogP contribution in [0.4, 0.5) is 0 Å². The van der Waals surface area contributed by atoms with Gasteiger partial charge in [-0.2, -0.15) is 0 Å². The van der Waals surface area contributed by atoms with Crippen LogP contribution in [0.25, 0.3) is 0 Å². The Balaban J connectivity index is 1.22. The van der Waals surface area contributed by atoms with Crippen LogP contribution in [0.2, 0.25) is 0 Å². The largest absolute Gasteiger partial charge is 0.372 e. The third-order valence-corrected chi connectivity index (χ3v) is 5.55. The molecule has 6 nitrogen and oxygen atoms in total. The number of ether oxygens (including phenoxy) is 1. The van der Waals surface area contributed by atoms with Gasteiger partial charge in [0.25, 0.3) is 0 Å². The van der Waals surface area contributed by atoms with Gasteiger partial charge >= 0.3 is 0 Å². The standard InChI is InChI=1S/C18H25N3O3/c22-17(5-4-14-3-1-6-19-14)21-11-13-9-15(24-16(13)12-21)10-18(23)20-7-2-8-20/h1,3,6,13,15-16,19H,2,4-5,7-12H2/t13-,15-,16+/m0/s1. The van der Waals surface area contributed by atoms with Crippen molar-refractivity contribution in [1.82, 2.24) is 14.8 Å². The summed E-state index contributed by atoms with van der Waals surface area (Å²) in [4.78, 5) is 31.4. The van der Waals surface area contributed by atoms with Crippen molar-refractivity contribution < 1.29 is 14.3 Å². The maximum absolute atomic E-state index is 12.4. The molecule has 0 bridgehead atoms. The number of aromatic nitrogens is 1. The minimum Gasteiger partial charge on any atom is -0.372 e. The number of nitrogens with zero attached hydrogens (tertiary/aromatic N) is 2. The molecule has 1 aromatic rings. The quantitative estimate of drug-likeness (QED) is 0.881. The lowest BCUT2D eigenvalue weighted by atomic mass is 10.0. The molecule has 1 aromatic heterocycles. The van der Waals surface area contributed by atoms with Crippen LogP contribution < -0.4 is 0 Å². The molecule has 3 aliphatic rings. The van der Waals surface area contributed by atoms with Gasteiger partial charge in [0.05, 0.1) is 18.6 Å². The van der Waals surface area contributed by atoms with E-state index in [1.54, 1.807) is 0 Å². The number of aromatic amines is 1. The summed E-state index contributed by atoms with van der Waals surface area (Å²) in [6, 6.07) is 3.96. The smallest absolute Gasteiger partial charge is 0.225 e. The monoisotopic (exact) mass is 331 g/mol. The third kappa shape index (κ3) is 3.20. The van der Waals surface area contributed by atoms with E-state index in [1.807, 2.05) is 28.1 Å². The van der Waals surface area contributed by atoms with Gasteiger partial charge in [0.1, 0.15) is 0 Å². The first-order valence-electron chi connectivity index (χ1n) is 9.02. The molecule has 130 valence electrons. The summed E-state index contributed by atoms with van der Waals surface area (Å²) in [7, 11) is 0. The number of amides is 2. The number of fused-ring (bicyclic) bond motifs is 1. The fourth-order valence-corrected chi connectivity index (χ4v) is 4.01. The van der Waals surface area contributed by atoms with Gasteiger partial charge in [0, 0.05) is 50.4 Å². The lowest BCUT2D eigenvalue weighted by Crippen LogP contribution is -2.43. The van der Waals surface area contributed by atoms with Crippen molar-refractivity contribution >= 4 is 11.8 Å². The van der Waals surface area contributed by atoms with E-state index in [-0.39, 0.29) is 24.0 Å². The predicted molar refractivity (Wildman–Crippen MR) is 88.3 cm³/mol. The van der Waals surface area contributed by atoms with Gasteiger partial charge in [0.15, 0.2) is 0 Å². The van der Waals surface area contributed by atoms with Crippen LogP contribution in [-0.4, -0.2) is 65.0 Å². The fourth-order valence-electron chi connectivity index (χ4n) is 4.01. The molecule has 3 fully saturated rings. The van der Waals surface area contributed by atoms with Gasteiger partial charge in [-0.1, -0.05) is 0 Å². The molecule has 4 rings (SSSR count). The molecule has 4 heterocycles. The number of likely N-dealkylation sites (tertiary alicyclic amines) is 2. The third-order valence-electron chi connectivity index (χ3n) is 5.55. The molecule has 0 aliphatic carbocycles. The maximum Gasteiger partial charge on any atom is 0.225 e. The van der Waals surface area contributed by atoms with Crippen molar-refractivity contribution in [3.8, 4) is 0 Å². The number of hydrogen-bond acceptors (Lipinski definition) is 3. The molecule has 3 atom stereocenters. The van der Waals surface area contributed by atoms with Crippen LogP contribution in [0.15, 0.2) is 18.3 Å². The number of carbonyl (C=O) groups excluding carboxylic acids is 2. The summed E-state index contributed by atoms with van der Waals surface area (Å²) < 4.78 is 6.06. The second kappa shape index (κ2) is 6.59. The highest BCUT2D eigenvalue weighted by molar-refractivity contribution is 5.78. The highest BCUT2D eigenvalue weighted by atomic mass is 16.5. The second-order valence-corrected chi connectivity index (χ2v) is 7.22. The van der Waals surface area contributed by atoms with Gasteiger partial charge in [-0.25, -0.2) is 0 Å². The van der Waals surface area contributed by atoms with Gasteiger partial charge in [-0.05, 0) is 31.4 Å². The molecule has 0 spiro atoms. The molecule has 3 saturated heterocycles. The number of nitrogens with one attached hydrogen (secondary N) is 1. The molecule has 3 aliphatic heterocycles. The molecule has 2 amide bonds. The van der Waals surface area contributed by atoms with E-state index in [1.165, 1.54) is 0 Å². The first-order chi connectivity index (χ1) is 11.7. The Morgan fingerprint density at radius 3 is 2.75 bits per heavy atom. The summed E-state index contributed by atoms with van der Waals surface area (Å²) in [5.74, 6) is 0.828. The van der Waals surface area contributed by atoms with Crippen molar-refractivity contribution in [1.29, 1.82) is 0 Å². The Kier molecular flexibility index (Phi) is 4.31. The zero-order chi connectivity index (χ0) is 16.5. The van der Waals surface area contributed by atoms with Gasteiger partial charge in [-0.15, -0.1) is 0 Å². The van der Waals surface area contributed by atoms with Crippen LogP contribution in [0.1, 0.15) is 31.4 Å². The highest BCUT2D eigenvalue weighted by Crippen LogP contribution is 2.35. The summed E-state index contributed by atoms with van der Waals surface area (Å²) in [6.45, 7) is 3.27. The number of rotatable bonds is 5. The Hall–Kier alpha value is -1.82. The van der Waals surface area contributed by atoms with Crippen LogP contribution >= 0.6 is 0 Å². The topological polar surface area (TPSA) is 65.6 Å². The first-order valence-corrected chi connectivity index (χ1v) is 9.02. The maximum atomic E-state index is 12.4. The Morgan fingerprint density at radius 2 is 2.08 bits per heavy atom. The molecular formula is C18H25N3O3. The van der Waals surface area contributed by atoms with E-state index in [2.05, 4.69) is 4.98 Å². The first kappa shape index (κ1) is 15.7. The SMILES string of the molecule is O=C(C[C@@H]1C[C@H]2CN(C(=O)CCc3ccc[nH]3)C[C@H]2O1)N1CCC1. The average molecular weight is 331 g/mol. The molecular weight excluding hydrogens is 306 g/mol. The zero-order valence-electron chi connectivity index (χ0n) is 13.9. The van der Waals surface area contributed by atoms with E-state index in [0.717, 1.165) is 44.6 Å². The van der Waals surface area contributed by atoms with Crippen molar-refractivity contribution in [3.05, 3.63) is 24.0 Å². The summed E-state index contributed by atoms with van der Waals surface area (Å²) in [5.41, 5.74) is 1.10. The summed E-state index contributed by atoms with van der Waals surface area (Å²) in [5, 5.41) is 0. The number of carbonyl (C=O) groups is 2. The van der Waals surface area contributed by atoms with Crippen LogP contribution in [0.5, 0.6) is 0 Å². The number of hydrogen-bond donors (Lipinski definition) is 1. The van der Waals surface area contributed by atoms with E-state index in [9.17, 15) is 9.59 Å². The Labute approximate surface area is 142 Å². The highest BCUT2D eigenvalue weighted by Gasteiger charge is 2.44. The van der Waals surface area contributed by atoms with Crippen molar-refractivity contribution in [2.24, 2.45) is 5.92 Å². The average Bonchev–Trinajstić information content (AvgIpc) is 3.17. The molecule has 0 radical (unpaired) electrons. The Bertz CT molecular complexity index is 583. The zero-order valence-corrected chi connectivity index (χ0v) is 13.9. The lowest BCUT2D eigenvalue weighted by Gasteiger charge is -2.31. The number of H-pyrrole nitrogens is 1. The van der Waals surface area contributed by atoms with E-state index in [0.29, 0.717) is 25.3 Å². The molecule has 24 heavy (non-hydrogen) atoms. The van der Waals surface area contributed by atoms with E-state index in [4.69, 9.17) is 4.74 Å². The van der Waals surface area contributed by atoms with Crippen LogP contribution in [0, 0.1) is 5.92 Å². The van der Waals surface area contributed by atoms with Crippen LogP contribution in [0.3, 0.4) is 0 Å². The molecule has 1 N–H and O–H groups in total. The van der Waals surface area contributed by atoms with Crippen LogP contribution in [-0.2, 0) is 20.7 Å². The van der Waals surface area contributed by atoms with Gasteiger partial charge < -0.3 is 19.5 Å². The molecule has 6 heteroatoms. The van der Waals surface area contributed by atoms with Gasteiger partial charge in [0.2, 0.25) is 11.8 Å². The normalized spacial score (nSPS) is 28.8. The lowest BCUT2D eigenvalue weighted by molar-refractivity contribution is -0.138. The van der Waals surface area contributed by atoms with Crippen molar-refractivity contribution in [2.45, 2.75) is 44.3 Å². The van der Waals surface area contributed by atoms with E-state index < -0.39 is 0 Å². The minimum absolute atomic E-state index is 0.0456. The number of aryl methyl sites for hydroxylation is 1. The Morgan fingerprint density at radius 1 is 1.21 bits per heavy atom. The van der Waals surface area contributed by atoms with Gasteiger partial charge in [-0.3, -0.25) is 9.59 Å². The van der Waals surface area contributed by atoms with Crippen molar-refractivity contribution in [3.63, 3.8) is 0 Å². The fraction of sp³-hybridized carbons (Fsp3) is 0.667. The molecule has 0 saturated carbocycles. The summed E-state index contributed by atoms with van der Waals surface area (Å²) >= 11 is 0. The summed E-state index contributed by atoms with van der Waals surface area (Å²) in [6.07, 6.45) is 5.89. The van der Waals surface area contributed by atoms with E-state index >= 15 is 0 Å². The molecule has 0 aromatic carbocycles. The van der Waals surface area contributed by atoms with Crippen molar-refractivity contribution in [2.75, 3.05) is 26.2 Å². The predicted octanol–water partition coefficient (Wildman–Crippen LogP) is 1.19. The molecule has 0 unspecified atom stereocenters.